The first-order valence-electron chi connectivity index (χ1n) is 6.19. The molecule has 17 heavy (non-hydrogen) atoms. The molecule has 2 unspecified atom stereocenters. The second-order valence-electron chi connectivity index (χ2n) is 5.83. The van der Waals surface area contributed by atoms with Crippen LogP contribution in [0.4, 0.5) is 0 Å². The molecule has 0 saturated heterocycles. The molecule has 0 aromatic heterocycles. The molecule has 0 radical (unpaired) electrons. The van der Waals surface area contributed by atoms with E-state index >= 15 is 0 Å². The fourth-order valence-corrected chi connectivity index (χ4v) is 1.42. The molecule has 0 spiro atoms. The van der Waals surface area contributed by atoms with Crippen LogP contribution in [-0.4, -0.2) is 23.0 Å². The third-order valence-electron chi connectivity index (χ3n) is 2.90. The van der Waals surface area contributed by atoms with E-state index in [-0.39, 0.29) is 17.2 Å². The Balaban J connectivity index is 4.28. The van der Waals surface area contributed by atoms with Crippen molar-refractivity contribution in [2.24, 2.45) is 11.3 Å². The van der Waals surface area contributed by atoms with Gasteiger partial charge in [0.1, 0.15) is 6.04 Å². The van der Waals surface area contributed by atoms with Crippen molar-refractivity contribution in [3.8, 4) is 0 Å². The lowest BCUT2D eigenvalue weighted by molar-refractivity contribution is -0.143. The molecule has 4 heteroatoms. The summed E-state index contributed by atoms with van der Waals surface area (Å²) in [7, 11) is 0. The van der Waals surface area contributed by atoms with E-state index in [9.17, 15) is 9.59 Å². The molecule has 0 aliphatic heterocycles. The van der Waals surface area contributed by atoms with Crippen molar-refractivity contribution < 1.29 is 14.7 Å². The first kappa shape index (κ1) is 15.9. The predicted molar refractivity (Wildman–Crippen MR) is 67.7 cm³/mol. The van der Waals surface area contributed by atoms with Crippen LogP contribution in [0.15, 0.2) is 0 Å². The van der Waals surface area contributed by atoms with Gasteiger partial charge in [0.25, 0.3) is 0 Å². The van der Waals surface area contributed by atoms with Crippen LogP contribution in [-0.2, 0) is 9.59 Å². The molecule has 0 heterocycles. The van der Waals surface area contributed by atoms with Crippen LogP contribution in [0.25, 0.3) is 0 Å². The van der Waals surface area contributed by atoms with E-state index in [1.807, 2.05) is 13.8 Å². The lowest BCUT2D eigenvalue weighted by Crippen LogP contribution is -2.45. The highest BCUT2D eigenvalue weighted by atomic mass is 16.4. The van der Waals surface area contributed by atoms with E-state index < -0.39 is 12.0 Å². The number of carbonyl (C=O) groups is 2. The van der Waals surface area contributed by atoms with Gasteiger partial charge in [-0.3, -0.25) is 4.79 Å². The van der Waals surface area contributed by atoms with Gasteiger partial charge in [0.2, 0.25) is 5.91 Å². The first-order valence-corrected chi connectivity index (χ1v) is 6.19. The van der Waals surface area contributed by atoms with Crippen molar-refractivity contribution in [2.75, 3.05) is 0 Å². The minimum absolute atomic E-state index is 0.0499. The van der Waals surface area contributed by atoms with Crippen molar-refractivity contribution in [3.63, 3.8) is 0 Å². The highest BCUT2D eigenvalue weighted by Crippen LogP contribution is 2.20. The maximum absolute atomic E-state index is 11.7. The van der Waals surface area contributed by atoms with Crippen molar-refractivity contribution >= 4 is 11.9 Å². The van der Waals surface area contributed by atoms with Crippen LogP contribution < -0.4 is 5.32 Å². The summed E-state index contributed by atoms with van der Waals surface area (Å²) in [6.45, 7) is 9.93. The van der Waals surface area contributed by atoms with Gasteiger partial charge in [-0.25, -0.2) is 4.79 Å². The average Bonchev–Trinajstić information content (AvgIpc) is 2.20. The van der Waals surface area contributed by atoms with Crippen LogP contribution >= 0.6 is 0 Å². The summed E-state index contributed by atoms with van der Waals surface area (Å²) in [6.07, 6.45) is 1.87. The Kier molecular flexibility index (Phi) is 6.21. The Bertz CT molecular complexity index is 268. The van der Waals surface area contributed by atoms with Crippen molar-refractivity contribution in [2.45, 2.75) is 59.9 Å². The molecule has 0 aromatic carbocycles. The molecular formula is C13H25NO3. The summed E-state index contributed by atoms with van der Waals surface area (Å²) in [5.41, 5.74) is 0.0897. The van der Waals surface area contributed by atoms with Crippen molar-refractivity contribution in [3.05, 3.63) is 0 Å². The van der Waals surface area contributed by atoms with Gasteiger partial charge >= 0.3 is 5.97 Å². The number of hydrogen-bond acceptors (Lipinski definition) is 2. The summed E-state index contributed by atoms with van der Waals surface area (Å²) in [5.74, 6) is -1.18. The lowest BCUT2D eigenvalue weighted by atomic mass is 9.90. The first-order chi connectivity index (χ1) is 7.67. The molecule has 0 bridgehead atoms. The zero-order chi connectivity index (χ0) is 13.6. The van der Waals surface area contributed by atoms with Crippen molar-refractivity contribution in [1.29, 1.82) is 0 Å². The minimum atomic E-state index is -0.955. The van der Waals surface area contributed by atoms with Gasteiger partial charge in [0, 0.05) is 6.42 Å². The lowest BCUT2D eigenvalue weighted by Gasteiger charge is -2.22. The molecule has 0 rings (SSSR count). The molecule has 0 aliphatic rings. The fourth-order valence-electron chi connectivity index (χ4n) is 1.42. The monoisotopic (exact) mass is 243 g/mol. The zero-order valence-electron chi connectivity index (χ0n) is 11.5. The molecule has 0 fully saturated rings. The van der Waals surface area contributed by atoms with Crippen LogP contribution in [0.2, 0.25) is 0 Å². The van der Waals surface area contributed by atoms with Gasteiger partial charge < -0.3 is 10.4 Å². The summed E-state index contributed by atoms with van der Waals surface area (Å²) >= 11 is 0. The summed E-state index contributed by atoms with van der Waals surface area (Å²) in [6, 6.07) is -0.771. The average molecular weight is 243 g/mol. The number of carbonyl (C=O) groups excluding carboxylic acids is 1. The molecule has 0 aliphatic carbocycles. The maximum Gasteiger partial charge on any atom is 0.326 e. The number of rotatable bonds is 6. The number of hydrogen-bond donors (Lipinski definition) is 2. The van der Waals surface area contributed by atoms with Gasteiger partial charge in [-0.15, -0.1) is 0 Å². The maximum atomic E-state index is 11.7. The van der Waals surface area contributed by atoms with E-state index in [0.29, 0.717) is 6.42 Å². The van der Waals surface area contributed by atoms with E-state index in [2.05, 4.69) is 26.1 Å². The molecule has 1 amide bonds. The van der Waals surface area contributed by atoms with Gasteiger partial charge in [0.15, 0.2) is 0 Å². The normalized spacial score (nSPS) is 15.1. The summed E-state index contributed by atoms with van der Waals surface area (Å²) in [5, 5.41) is 11.6. The fraction of sp³-hybridized carbons (Fsp3) is 0.846. The van der Waals surface area contributed by atoms with E-state index in [0.717, 1.165) is 12.8 Å². The second-order valence-corrected chi connectivity index (χ2v) is 5.83. The molecule has 0 saturated carbocycles. The standard InChI is InChI=1S/C13H25NO3/c1-6-9(2)11(12(16)17)14-10(15)7-8-13(3,4)5/h9,11H,6-8H2,1-5H3,(H,14,15)(H,16,17). The smallest absolute Gasteiger partial charge is 0.326 e. The molecular weight excluding hydrogens is 218 g/mol. The van der Waals surface area contributed by atoms with Crippen LogP contribution in [0.1, 0.15) is 53.9 Å². The largest absolute Gasteiger partial charge is 0.480 e. The number of aliphatic carboxylic acids is 1. The SMILES string of the molecule is CCC(C)C(NC(=O)CCC(C)(C)C)C(=O)O. The predicted octanol–water partition coefficient (Wildman–Crippen LogP) is 2.43. The Morgan fingerprint density at radius 1 is 1.29 bits per heavy atom. The number of amides is 1. The summed E-state index contributed by atoms with van der Waals surface area (Å²) in [4.78, 5) is 22.7. The Hall–Kier alpha value is -1.06. The third kappa shape index (κ3) is 6.97. The number of carboxylic acid groups (broad SMARTS) is 1. The minimum Gasteiger partial charge on any atom is -0.480 e. The highest BCUT2D eigenvalue weighted by Gasteiger charge is 2.25. The summed E-state index contributed by atoms with van der Waals surface area (Å²) < 4.78 is 0. The molecule has 4 nitrogen and oxygen atoms in total. The van der Waals surface area contributed by atoms with Crippen LogP contribution in [0.5, 0.6) is 0 Å². The van der Waals surface area contributed by atoms with Crippen LogP contribution in [0, 0.1) is 11.3 Å². The number of nitrogens with one attached hydrogen (secondary N) is 1. The Morgan fingerprint density at radius 3 is 2.18 bits per heavy atom. The molecule has 0 aromatic rings. The van der Waals surface area contributed by atoms with Gasteiger partial charge in [-0.05, 0) is 17.8 Å². The van der Waals surface area contributed by atoms with Crippen molar-refractivity contribution in [1.82, 2.24) is 5.32 Å². The van der Waals surface area contributed by atoms with Gasteiger partial charge in [-0.2, -0.15) is 0 Å². The Morgan fingerprint density at radius 2 is 1.82 bits per heavy atom. The topological polar surface area (TPSA) is 66.4 Å². The molecule has 100 valence electrons. The zero-order valence-corrected chi connectivity index (χ0v) is 11.5. The molecule has 2 atom stereocenters. The number of carboxylic acids is 1. The Labute approximate surface area is 104 Å². The molecule has 2 N–H and O–H groups in total. The van der Waals surface area contributed by atoms with E-state index in [1.54, 1.807) is 0 Å². The second kappa shape index (κ2) is 6.62. The third-order valence-corrected chi connectivity index (χ3v) is 2.90. The van der Waals surface area contributed by atoms with E-state index in [1.165, 1.54) is 0 Å². The van der Waals surface area contributed by atoms with Gasteiger partial charge in [0.05, 0.1) is 0 Å². The highest BCUT2D eigenvalue weighted by molar-refractivity contribution is 5.83. The van der Waals surface area contributed by atoms with Crippen LogP contribution in [0.3, 0.4) is 0 Å². The van der Waals surface area contributed by atoms with E-state index in [4.69, 9.17) is 5.11 Å². The van der Waals surface area contributed by atoms with Gasteiger partial charge in [-0.1, -0.05) is 41.0 Å². The quantitative estimate of drug-likeness (QED) is 0.753.